The number of esters is 1. The first kappa shape index (κ1) is 22.9. The topological polar surface area (TPSA) is 80.9 Å². The molecule has 0 radical (unpaired) electrons. The predicted octanol–water partition coefficient (Wildman–Crippen LogP) is 4.03. The van der Waals surface area contributed by atoms with Crippen LogP contribution in [-0.4, -0.2) is 54.2 Å². The Labute approximate surface area is 183 Å². The quantitative estimate of drug-likeness (QED) is 0.610. The number of hydrogen-bond acceptors (Lipinski definition) is 5. The summed E-state index contributed by atoms with van der Waals surface area (Å²) in [6.45, 7) is 9.83. The molecule has 1 atom stereocenters. The van der Waals surface area contributed by atoms with Gasteiger partial charge in [0.05, 0.1) is 24.9 Å². The first-order valence-corrected chi connectivity index (χ1v) is 10.9. The third kappa shape index (κ3) is 5.28. The number of nitrogens with one attached hydrogen (secondary N) is 1. The highest BCUT2D eigenvalue weighted by Gasteiger charge is 2.28. The second kappa shape index (κ2) is 10.5. The molecule has 7 heteroatoms. The fourth-order valence-electron chi connectivity index (χ4n) is 3.97. The molecule has 2 heterocycles. The molecular formula is C24H32N2O5. The number of hydrogen-bond donors (Lipinski definition) is 1. The number of ether oxygens (including phenoxy) is 3. The van der Waals surface area contributed by atoms with Crippen molar-refractivity contribution >= 4 is 11.9 Å². The second-order valence-electron chi connectivity index (χ2n) is 7.70. The molecule has 3 rings (SSSR count). The van der Waals surface area contributed by atoms with Crippen LogP contribution < -0.4 is 4.74 Å². The number of carbonyl (C=O) groups excluding carboxylic acids is 2. The highest BCUT2D eigenvalue weighted by Crippen LogP contribution is 2.26. The molecule has 1 amide bonds. The maximum Gasteiger partial charge on any atom is 0.355 e. The van der Waals surface area contributed by atoms with Crippen molar-refractivity contribution in [3.63, 3.8) is 0 Å². The van der Waals surface area contributed by atoms with E-state index in [9.17, 15) is 9.59 Å². The lowest BCUT2D eigenvalue weighted by Gasteiger charge is -2.27. The van der Waals surface area contributed by atoms with Crippen LogP contribution in [0.15, 0.2) is 24.3 Å². The van der Waals surface area contributed by atoms with Crippen LogP contribution in [0.5, 0.6) is 5.75 Å². The smallest absolute Gasteiger partial charge is 0.355 e. The molecule has 31 heavy (non-hydrogen) atoms. The minimum atomic E-state index is -0.381. The van der Waals surface area contributed by atoms with Gasteiger partial charge in [0.25, 0.3) is 5.91 Å². The van der Waals surface area contributed by atoms with Gasteiger partial charge < -0.3 is 24.1 Å². The van der Waals surface area contributed by atoms with Crippen molar-refractivity contribution in [2.24, 2.45) is 0 Å². The number of H-pyrrole nitrogens is 1. The number of nitrogens with zero attached hydrogens (tertiary/aromatic N) is 1. The molecule has 1 aliphatic rings. The van der Waals surface area contributed by atoms with Crippen LogP contribution in [-0.2, 0) is 16.0 Å². The molecular weight excluding hydrogens is 396 g/mol. The molecule has 0 saturated carbocycles. The van der Waals surface area contributed by atoms with Gasteiger partial charge in [-0.1, -0.05) is 12.1 Å². The summed E-state index contributed by atoms with van der Waals surface area (Å²) in [5.41, 5.74) is 3.54. The van der Waals surface area contributed by atoms with Crippen molar-refractivity contribution < 1.29 is 23.8 Å². The number of aromatic nitrogens is 1. The van der Waals surface area contributed by atoms with E-state index in [1.54, 1.807) is 17.9 Å². The summed E-state index contributed by atoms with van der Waals surface area (Å²) >= 11 is 0. The van der Waals surface area contributed by atoms with Gasteiger partial charge in [0.1, 0.15) is 11.4 Å². The molecule has 0 bridgehead atoms. The van der Waals surface area contributed by atoms with Gasteiger partial charge in [0.2, 0.25) is 0 Å². The lowest BCUT2D eigenvalue weighted by Crippen LogP contribution is -2.37. The molecule has 1 aromatic carbocycles. The number of aryl methyl sites for hydroxylation is 1. The largest absolute Gasteiger partial charge is 0.493 e. The number of rotatable bonds is 9. The zero-order chi connectivity index (χ0) is 22.4. The molecule has 2 aromatic rings. The fraction of sp³-hybridized carbons (Fsp3) is 0.500. The van der Waals surface area contributed by atoms with Gasteiger partial charge in [-0.2, -0.15) is 0 Å². The van der Waals surface area contributed by atoms with Crippen LogP contribution in [0.3, 0.4) is 0 Å². The van der Waals surface area contributed by atoms with E-state index in [4.69, 9.17) is 14.2 Å². The molecule has 1 unspecified atom stereocenters. The Morgan fingerprint density at radius 3 is 2.65 bits per heavy atom. The van der Waals surface area contributed by atoms with Crippen molar-refractivity contribution in [1.29, 1.82) is 0 Å². The number of amides is 1. The zero-order valence-corrected chi connectivity index (χ0v) is 18.8. The summed E-state index contributed by atoms with van der Waals surface area (Å²) in [4.78, 5) is 30.8. The molecule has 1 aliphatic heterocycles. The highest BCUT2D eigenvalue weighted by molar-refractivity contribution is 5.97. The molecule has 168 valence electrons. The number of aromatic amines is 1. The van der Waals surface area contributed by atoms with Gasteiger partial charge in [-0.25, -0.2) is 4.79 Å². The van der Waals surface area contributed by atoms with E-state index in [1.165, 1.54) is 0 Å². The fourth-order valence-corrected chi connectivity index (χ4v) is 3.97. The van der Waals surface area contributed by atoms with Crippen LogP contribution in [0.1, 0.15) is 64.4 Å². The van der Waals surface area contributed by atoms with Crippen molar-refractivity contribution in [3.8, 4) is 5.75 Å². The summed E-state index contributed by atoms with van der Waals surface area (Å²) in [6.07, 6.45) is 1.93. The Morgan fingerprint density at radius 2 is 1.97 bits per heavy atom. The van der Waals surface area contributed by atoms with Crippen molar-refractivity contribution in [2.45, 2.75) is 53.2 Å². The van der Waals surface area contributed by atoms with Gasteiger partial charge in [-0.3, -0.25) is 4.79 Å². The first-order chi connectivity index (χ1) is 15.0. The number of benzene rings is 1. The molecule has 1 fully saturated rings. The molecule has 1 aromatic heterocycles. The van der Waals surface area contributed by atoms with Gasteiger partial charge in [0.15, 0.2) is 0 Å². The van der Waals surface area contributed by atoms with E-state index < -0.39 is 0 Å². The summed E-state index contributed by atoms with van der Waals surface area (Å²) in [6, 6.07) is 7.30. The minimum Gasteiger partial charge on any atom is -0.493 e. The minimum absolute atomic E-state index is 0.00675. The van der Waals surface area contributed by atoms with Gasteiger partial charge in [0, 0.05) is 25.4 Å². The molecule has 1 N–H and O–H groups in total. The maximum absolute atomic E-state index is 13.6. The van der Waals surface area contributed by atoms with Crippen molar-refractivity contribution in [3.05, 3.63) is 52.3 Å². The average Bonchev–Trinajstić information content (AvgIpc) is 3.37. The SMILES string of the molecule is CCOC(=O)c1[nH]c(C)c(CN(CC2CCCO2)C(=O)c2ccccc2OCC)c1C. The van der Waals surface area contributed by atoms with Crippen LogP contribution in [0, 0.1) is 13.8 Å². The third-order valence-corrected chi connectivity index (χ3v) is 5.57. The maximum atomic E-state index is 13.6. The van der Waals surface area contributed by atoms with Crippen LogP contribution in [0.25, 0.3) is 0 Å². The van der Waals surface area contributed by atoms with Gasteiger partial charge in [-0.15, -0.1) is 0 Å². The summed E-state index contributed by atoms with van der Waals surface area (Å²) < 4.78 is 16.7. The standard InChI is InChI=1S/C24H32N2O5/c1-5-29-21-12-8-7-11-19(21)23(27)26(14-18-10-9-13-31-18)15-20-16(3)22(25-17(20)4)24(28)30-6-2/h7-8,11-12,18,25H,5-6,9-10,13-15H2,1-4H3. The van der Waals surface area contributed by atoms with Crippen LogP contribution >= 0.6 is 0 Å². The summed E-state index contributed by atoms with van der Waals surface area (Å²) in [7, 11) is 0. The summed E-state index contributed by atoms with van der Waals surface area (Å²) in [5.74, 6) is 0.0762. The molecule has 7 nitrogen and oxygen atoms in total. The van der Waals surface area contributed by atoms with Crippen molar-refractivity contribution in [1.82, 2.24) is 9.88 Å². The Kier molecular flexibility index (Phi) is 7.74. The Balaban J connectivity index is 1.92. The van der Waals surface area contributed by atoms with E-state index in [0.717, 1.165) is 36.3 Å². The Hall–Kier alpha value is -2.80. The van der Waals surface area contributed by atoms with Crippen LogP contribution in [0.4, 0.5) is 0 Å². The normalized spacial score (nSPS) is 15.7. The molecule has 0 aliphatic carbocycles. The highest BCUT2D eigenvalue weighted by atomic mass is 16.5. The molecule has 1 saturated heterocycles. The van der Waals surface area contributed by atoms with E-state index in [2.05, 4.69) is 4.98 Å². The third-order valence-electron chi connectivity index (χ3n) is 5.57. The summed E-state index contributed by atoms with van der Waals surface area (Å²) in [5, 5.41) is 0. The second-order valence-corrected chi connectivity index (χ2v) is 7.70. The monoisotopic (exact) mass is 428 g/mol. The predicted molar refractivity (Wildman–Crippen MR) is 118 cm³/mol. The lowest BCUT2D eigenvalue weighted by molar-refractivity contribution is 0.0503. The average molecular weight is 429 g/mol. The lowest BCUT2D eigenvalue weighted by atomic mass is 10.1. The van der Waals surface area contributed by atoms with Gasteiger partial charge >= 0.3 is 5.97 Å². The Morgan fingerprint density at radius 1 is 1.19 bits per heavy atom. The van der Waals surface area contributed by atoms with E-state index in [1.807, 2.05) is 39.0 Å². The van der Waals surface area contributed by atoms with E-state index in [-0.39, 0.29) is 18.0 Å². The molecule has 0 spiro atoms. The van der Waals surface area contributed by atoms with Crippen molar-refractivity contribution in [2.75, 3.05) is 26.4 Å². The van der Waals surface area contributed by atoms with E-state index in [0.29, 0.717) is 43.3 Å². The zero-order valence-electron chi connectivity index (χ0n) is 18.8. The number of para-hydroxylation sites is 1. The van der Waals surface area contributed by atoms with Crippen LogP contribution in [0.2, 0.25) is 0 Å². The Bertz CT molecular complexity index is 915. The van der Waals surface area contributed by atoms with Gasteiger partial charge in [-0.05, 0) is 63.8 Å². The number of carbonyl (C=O) groups is 2. The first-order valence-electron chi connectivity index (χ1n) is 10.9. The van der Waals surface area contributed by atoms with E-state index >= 15 is 0 Å².